The molecule has 22 heavy (non-hydrogen) atoms. The van der Waals surface area contributed by atoms with E-state index in [1.54, 1.807) is 0 Å². The largest absolute Gasteiger partial charge is 0.240 e. The summed E-state index contributed by atoms with van der Waals surface area (Å²) in [5.74, 6) is 0. The van der Waals surface area contributed by atoms with E-state index in [9.17, 15) is 5.26 Å². The smallest absolute Gasteiger partial charge is 0.147 e. The lowest BCUT2D eigenvalue weighted by molar-refractivity contribution is 0.590. The lowest BCUT2D eigenvalue weighted by Crippen LogP contribution is -2.10. The van der Waals surface area contributed by atoms with Gasteiger partial charge in [0.25, 0.3) is 0 Å². The highest BCUT2D eigenvalue weighted by atomic mass is 35.5. The van der Waals surface area contributed by atoms with Crippen LogP contribution in [0.5, 0.6) is 0 Å². The molecule has 0 spiro atoms. The van der Waals surface area contributed by atoms with Crippen LogP contribution in [0.25, 0.3) is 0 Å². The van der Waals surface area contributed by atoms with Crippen LogP contribution in [0.1, 0.15) is 54.3 Å². The number of nitrogens with zero attached hydrogens (tertiary/aromatic N) is 2. The second kappa shape index (κ2) is 6.10. The molecule has 0 radical (unpaired) electrons. The first-order valence-corrected chi connectivity index (χ1v) is 7.77. The predicted octanol–water partition coefficient (Wildman–Crippen LogP) is 5.11. The fraction of sp³-hybridized carbons (Fsp3) is 0.368. The monoisotopic (exact) mass is 312 g/mol. The lowest BCUT2D eigenvalue weighted by atomic mass is 9.86. The molecule has 0 N–H and O–H groups in total. The van der Waals surface area contributed by atoms with E-state index in [0.717, 1.165) is 23.2 Å². The Morgan fingerprint density at radius 1 is 1.14 bits per heavy atom. The van der Waals surface area contributed by atoms with E-state index in [1.807, 2.05) is 13.8 Å². The molecule has 0 unspecified atom stereocenters. The van der Waals surface area contributed by atoms with E-state index in [1.165, 1.54) is 11.1 Å². The third-order valence-corrected chi connectivity index (χ3v) is 4.32. The molecule has 0 aliphatic rings. The summed E-state index contributed by atoms with van der Waals surface area (Å²) in [6, 6.07) is 10.8. The first kappa shape index (κ1) is 16.5. The molecule has 2 rings (SSSR count). The molecule has 114 valence electrons. The second-order valence-electron chi connectivity index (χ2n) is 6.70. The maximum absolute atomic E-state index is 9.23. The van der Waals surface area contributed by atoms with Gasteiger partial charge in [-0.1, -0.05) is 56.6 Å². The van der Waals surface area contributed by atoms with Crippen molar-refractivity contribution < 1.29 is 0 Å². The number of hydrogen-bond donors (Lipinski definition) is 0. The molecular formula is C19H21ClN2. The van der Waals surface area contributed by atoms with E-state index in [2.05, 4.69) is 56.1 Å². The quantitative estimate of drug-likeness (QED) is 0.722. The van der Waals surface area contributed by atoms with Crippen molar-refractivity contribution in [1.29, 1.82) is 5.26 Å². The number of halogens is 1. The molecule has 2 aromatic rings. The molecule has 1 aromatic heterocycles. The standard InChI is InChI=1S/C19H21ClN2/c1-12-16(13(2)22-18(20)17(12)11-21)10-14-6-8-15(9-7-14)19(3,4)5/h6-9H,10H2,1-5H3. The van der Waals surface area contributed by atoms with Gasteiger partial charge in [-0.3, -0.25) is 0 Å². The maximum atomic E-state index is 9.23. The van der Waals surface area contributed by atoms with E-state index in [-0.39, 0.29) is 5.41 Å². The molecule has 0 atom stereocenters. The van der Waals surface area contributed by atoms with Gasteiger partial charge in [-0.15, -0.1) is 0 Å². The minimum absolute atomic E-state index is 0.153. The van der Waals surface area contributed by atoms with Crippen LogP contribution in [0.4, 0.5) is 0 Å². The first-order chi connectivity index (χ1) is 10.2. The van der Waals surface area contributed by atoms with E-state index >= 15 is 0 Å². The number of aryl methyl sites for hydroxylation is 1. The molecular weight excluding hydrogens is 292 g/mol. The van der Waals surface area contributed by atoms with Crippen LogP contribution in [-0.4, -0.2) is 4.98 Å². The average Bonchev–Trinajstić information content (AvgIpc) is 2.43. The van der Waals surface area contributed by atoms with Crippen LogP contribution < -0.4 is 0 Å². The van der Waals surface area contributed by atoms with Crippen molar-refractivity contribution in [3.05, 3.63) is 62.9 Å². The fourth-order valence-electron chi connectivity index (χ4n) is 2.56. The van der Waals surface area contributed by atoms with Crippen LogP contribution >= 0.6 is 11.6 Å². The molecule has 3 heteroatoms. The van der Waals surface area contributed by atoms with E-state index in [4.69, 9.17) is 11.6 Å². The van der Waals surface area contributed by atoms with Gasteiger partial charge in [0.15, 0.2) is 0 Å². The third-order valence-electron chi connectivity index (χ3n) is 4.05. The summed E-state index contributed by atoms with van der Waals surface area (Å²) >= 11 is 6.05. The van der Waals surface area contributed by atoms with Crippen molar-refractivity contribution in [2.45, 2.75) is 46.5 Å². The SMILES string of the molecule is Cc1nc(Cl)c(C#N)c(C)c1Cc1ccc(C(C)(C)C)cc1. The summed E-state index contributed by atoms with van der Waals surface area (Å²) in [6.07, 6.45) is 0.765. The summed E-state index contributed by atoms with van der Waals surface area (Å²) in [6.45, 7) is 10.5. The van der Waals surface area contributed by atoms with Crippen molar-refractivity contribution in [3.63, 3.8) is 0 Å². The highest BCUT2D eigenvalue weighted by molar-refractivity contribution is 6.30. The molecule has 0 saturated heterocycles. The first-order valence-electron chi connectivity index (χ1n) is 7.39. The zero-order valence-corrected chi connectivity index (χ0v) is 14.5. The third kappa shape index (κ3) is 3.31. The molecule has 0 fully saturated rings. The molecule has 0 amide bonds. The number of pyridine rings is 1. The van der Waals surface area contributed by atoms with Crippen LogP contribution in [-0.2, 0) is 11.8 Å². The second-order valence-corrected chi connectivity index (χ2v) is 7.06. The Morgan fingerprint density at radius 2 is 1.73 bits per heavy atom. The number of rotatable bonds is 2. The van der Waals surface area contributed by atoms with Crippen LogP contribution in [0.2, 0.25) is 5.15 Å². The van der Waals surface area contributed by atoms with E-state index < -0.39 is 0 Å². The fourth-order valence-corrected chi connectivity index (χ4v) is 2.88. The van der Waals surface area contributed by atoms with Gasteiger partial charge in [0.1, 0.15) is 11.2 Å². The summed E-state index contributed by atoms with van der Waals surface area (Å²) in [7, 11) is 0. The molecule has 0 aliphatic carbocycles. The average molecular weight is 313 g/mol. The van der Waals surface area contributed by atoms with Gasteiger partial charge >= 0.3 is 0 Å². The van der Waals surface area contributed by atoms with Gasteiger partial charge in [-0.2, -0.15) is 5.26 Å². The Hall–Kier alpha value is -1.85. The normalized spacial score (nSPS) is 11.3. The summed E-state index contributed by atoms with van der Waals surface area (Å²) in [5, 5.41) is 9.53. The van der Waals surface area contributed by atoms with Gasteiger partial charge in [0, 0.05) is 5.69 Å². The van der Waals surface area contributed by atoms with Crippen LogP contribution in [0, 0.1) is 25.2 Å². The van der Waals surface area contributed by atoms with Crippen LogP contribution in [0.15, 0.2) is 24.3 Å². The minimum atomic E-state index is 0.153. The van der Waals surface area contributed by atoms with Gasteiger partial charge in [-0.25, -0.2) is 4.98 Å². The Kier molecular flexibility index (Phi) is 4.58. The Morgan fingerprint density at radius 3 is 2.23 bits per heavy atom. The zero-order valence-electron chi connectivity index (χ0n) is 13.8. The van der Waals surface area contributed by atoms with Gasteiger partial charge < -0.3 is 0 Å². The lowest BCUT2D eigenvalue weighted by Gasteiger charge is -2.19. The van der Waals surface area contributed by atoms with E-state index in [0.29, 0.717) is 10.7 Å². The highest BCUT2D eigenvalue weighted by Crippen LogP contribution is 2.26. The summed E-state index contributed by atoms with van der Waals surface area (Å²) < 4.78 is 0. The predicted molar refractivity (Wildman–Crippen MR) is 91.4 cm³/mol. The van der Waals surface area contributed by atoms with Crippen molar-refractivity contribution in [2.24, 2.45) is 0 Å². The van der Waals surface area contributed by atoms with Crippen molar-refractivity contribution in [3.8, 4) is 6.07 Å². The molecule has 0 aliphatic heterocycles. The molecule has 1 heterocycles. The number of aromatic nitrogens is 1. The van der Waals surface area contributed by atoms with Crippen LogP contribution in [0.3, 0.4) is 0 Å². The molecule has 2 nitrogen and oxygen atoms in total. The summed E-state index contributed by atoms with van der Waals surface area (Å²) in [5.41, 5.74) is 6.07. The molecule has 0 bridgehead atoms. The summed E-state index contributed by atoms with van der Waals surface area (Å²) in [4.78, 5) is 4.30. The highest BCUT2D eigenvalue weighted by Gasteiger charge is 2.15. The van der Waals surface area contributed by atoms with Gasteiger partial charge in [-0.05, 0) is 47.9 Å². The number of benzene rings is 1. The topological polar surface area (TPSA) is 36.7 Å². The zero-order chi connectivity index (χ0) is 16.5. The van der Waals surface area contributed by atoms with Crippen molar-refractivity contribution in [2.75, 3.05) is 0 Å². The Balaban J connectivity index is 2.38. The number of hydrogen-bond acceptors (Lipinski definition) is 2. The maximum Gasteiger partial charge on any atom is 0.147 e. The molecule has 0 saturated carbocycles. The van der Waals surface area contributed by atoms with Crippen molar-refractivity contribution in [1.82, 2.24) is 4.98 Å². The number of nitriles is 1. The Labute approximate surface area is 137 Å². The van der Waals surface area contributed by atoms with Crippen molar-refractivity contribution >= 4 is 11.6 Å². The molecule has 1 aromatic carbocycles. The van der Waals surface area contributed by atoms with Gasteiger partial charge in [0.2, 0.25) is 0 Å². The Bertz CT molecular complexity index is 732. The minimum Gasteiger partial charge on any atom is -0.240 e. The van der Waals surface area contributed by atoms with Gasteiger partial charge in [0.05, 0.1) is 5.56 Å².